The zero-order valence-electron chi connectivity index (χ0n) is 12.5. The minimum atomic E-state index is -0.380. The highest BCUT2D eigenvalue weighted by molar-refractivity contribution is 6.29. The van der Waals surface area contributed by atoms with Crippen LogP contribution in [0, 0.1) is 18.8 Å². The molecule has 6 heteroatoms. The number of benzene rings is 1. The van der Waals surface area contributed by atoms with E-state index < -0.39 is 0 Å². The molecule has 3 aromatic rings. The summed E-state index contributed by atoms with van der Waals surface area (Å²) in [4.78, 5) is 15.9. The second-order valence-electron chi connectivity index (χ2n) is 4.79. The molecule has 0 bridgehead atoms. The fraction of sp³-hybridized carbons (Fsp3) is 0.118. The van der Waals surface area contributed by atoms with Gasteiger partial charge in [-0.3, -0.25) is 0 Å². The van der Waals surface area contributed by atoms with Crippen LogP contribution in [0.1, 0.15) is 27.2 Å². The summed E-state index contributed by atoms with van der Waals surface area (Å²) in [5.74, 6) is 5.68. The van der Waals surface area contributed by atoms with Crippen molar-refractivity contribution in [2.24, 2.45) is 0 Å². The minimum absolute atomic E-state index is 0.363. The van der Waals surface area contributed by atoms with E-state index >= 15 is 0 Å². The van der Waals surface area contributed by atoms with Crippen LogP contribution < -0.4 is 0 Å². The maximum Gasteiger partial charge on any atom is 0.338 e. The molecule has 0 unspecified atom stereocenters. The Morgan fingerprint density at radius 1 is 1.26 bits per heavy atom. The van der Waals surface area contributed by atoms with Gasteiger partial charge in [0.2, 0.25) is 0 Å². The van der Waals surface area contributed by atoms with E-state index in [9.17, 15) is 4.79 Å². The first kappa shape index (κ1) is 15.1. The summed E-state index contributed by atoms with van der Waals surface area (Å²) < 4.78 is 6.35. The number of hydrogen-bond donors (Lipinski definition) is 0. The molecule has 0 amide bonds. The number of aromatic nitrogens is 3. The highest BCUT2D eigenvalue weighted by Gasteiger charge is 2.10. The summed E-state index contributed by atoms with van der Waals surface area (Å²) >= 11 is 5.90. The Morgan fingerprint density at radius 2 is 2.09 bits per heavy atom. The van der Waals surface area contributed by atoms with Gasteiger partial charge in [-0.2, -0.15) is 5.10 Å². The SMILES string of the molecule is COC(=O)c1cccc(C#Cc2cnc3ccc(Cl)nn23)c1C. The molecular formula is C17H12ClN3O2. The zero-order valence-corrected chi connectivity index (χ0v) is 13.3. The molecule has 0 fully saturated rings. The van der Waals surface area contributed by atoms with Gasteiger partial charge in [0, 0.05) is 5.56 Å². The maximum atomic E-state index is 11.7. The van der Waals surface area contributed by atoms with Gasteiger partial charge in [-0.1, -0.05) is 23.6 Å². The zero-order chi connectivity index (χ0) is 16.4. The van der Waals surface area contributed by atoms with E-state index in [1.807, 2.05) is 13.0 Å². The number of esters is 1. The molecule has 0 aliphatic carbocycles. The van der Waals surface area contributed by atoms with E-state index in [2.05, 4.69) is 21.9 Å². The summed E-state index contributed by atoms with van der Waals surface area (Å²) in [6, 6.07) is 8.77. The van der Waals surface area contributed by atoms with Crippen molar-refractivity contribution < 1.29 is 9.53 Å². The predicted molar refractivity (Wildman–Crippen MR) is 86.5 cm³/mol. The largest absolute Gasteiger partial charge is 0.465 e. The lowest BCUT2D eigenvalue weighted by molar-refractivity contribution is 0.0600. The molecule has 0 saturated heterocycles. The van der Waals surface area contributed by atoms with Crippen LogP contribution in [0.2, 0.25) is 5.15 Å². The first-order valence-corrected chi connectivity index (χ1v) is 7.18. The summed E-state index contributed by atoms with van der Waals surface area (Å²) in [7, 11) is 1.36. The molecule has 0 aliphatic heterocycles. The molecule has 0 radical (unpaired) electrons. The third kappa shape index (κ3) is 2.89. The van der Waals surface area contributed by atoms with Crippen LogP contribution >= 0.6 is 11.6 Å². The average Bonchev–Trinajstić information content (AvgIpc) is 2.95. The molecule has 3 rings (SSSR count). The van der Waals surface area contributed by atoms with E-state index in [-0.39, 0.29) is 5.97 Å². The van der Waals surface area contributed by atoms with E-state index in [1.54, 1.807) is 35.0 Å². The van der Waals surface area contributed by atoms with Gasteiger partial charge in [-0.05, 0) is 42.7 Å². The van der Waals surface area contributed by atoms with E-state index in [1.165, 1.54) is 7.11 Å². The predicted octanol–water partition coefficient (Wildman–Crippen LogP) is 2.88. The van der Waals surface area contributed by atoms with E-state index in [4.69, 9.17) is 16.3 Å². The number of carbonyl (C=O) groups is 1. The molecule has 5 nitrogen and oxygen atoms in total. The lowest BCUT2D eigenvalue weighted by Crippen LogP contribution is -2.04. The standard InChI is InChI=1S/C17H12ClN3O2/c1-11-12(4-3-5-14(11)17(22)23-2)6-7-13-10-19-16-9-8-15(18)20-21(13)16/h3-5,8-10H,1-2H3. The average molecular weight is 326 g/mol. The second-order valence-corrected chi connectivity index (χ2v) is 5.18. The monoisotopic (exact) mass is 325 g/mol. The van der Waals surface area contributed by atoms with Crippen LogP contribution in [0.15, 0.2) is 36.5 Å². The van der Waals surface area contributed by atoms with Crippen molar-refractivity contribution in [3.8, 4) is 11.8 Å². The topological polar surface area (TPSA) is 56.5 Å². The van der Waals surface area contributed by atoms with Crippen LogP contribution in [0.5, 0.6) is 0 Å². The number of carbonyl (C=O) groups excluding carboxylic acids is 1. The summed E-state index contributed by atoms with van der Waals surface area (Å²) in [5.41, 5.74) is 3.29. The van der Waals surface area contributed by atoms with E-state index in [0.717, 1.165) is 11.1 Å². The van der Waals surface area contributed by atoms with Crippen molar-refractivity contribution in [2.45, 2.75) is 6.92 Å². The fourth-order valence-electron chi connectivity index (χ4n) is 2.17. The molecule has 1 aromatic carbocycles. The Balaban J connectivity index is 2.04. The van der Waals surface area contributed by atoms with Crippen molar-refractivity contribution in [2.75, 3.05) is 7.11 Å². The van der Waals surface area contributed by atoms with Gasteiger partial charge in [-0.25, -0.2) is 14.3 Å². The molecule has 0 saturated carbocycles. The van der Waals surface area contributed by atoms with Crippen LogP contribution in [-0.2, 0) is 4.74 Å². The van der Waals surface area contributed by atoms with Gasteiger partial charge in [0.15, 0.2) is 5.65 Å². The number of methoxy groups -OCH3 is 1. The van der Waals surface area contributed by atoms with Gasteiger partial charge in [-0.15, -0.1) is 0 Å². The molecule has 23 heavy (non-hydrogen) atoms. The summed E-state index contributed by atoms with van der Waals surface area (Å²) in [6.07, 6.45) is 1.63. The molecular weight excluding hydrogens is 314 g/mol. The van der Waals surface area contributed by atoms with Gasteiger partial charge >= 0.3 is 5.97 Å². The minimum Gasteiger partial charge on any atom is -0.465 e. The number of ether oxygens (including phenoxy) is 1. The molecule has 0 atom stereocenters. The van der Waals surface area contributed by atoms with Crippen LogP contribution in [0.4, 0.5) is 0 Å². The summed E-state index contributed by atoms with van der Waals surface area (Å²) in [6.45, 7) is 1.83. The number of hydrogen-bond acceptors (Lipinski definition) is 4. The second kappa shape index (κ2) is 6.11. The highest BCUT2D eigenvalue weighted by atomic mass is 35.5. The normalized spacial score (nSPS) is 10.2. The van der Waals surface area contributed by atoms with E-state index in [0.29, 0.717) is 22.1 Å². The molecule has 2 heterocycles. The molecule has 0 spiro atoms. The Bertz CT molecular complexity index is 967. The van der Waals surface area contributed by atoms with Crippen molar-refractivity contribution in [1.82, 2.24) is 14.6 Å². The van der Waals surface area contributed by atoms with Gasteiger partial charge in [0.05, 0.1) is 18.9 Å². The van der Waals surface area contributed by atoms with Crippen molar-refractivity contribution >= 4 is 23.2 Å². The fourth-order valence-corrected chi connectivity index (χ4v) is 2.31. The van der Waals surface area contributed by atoms with Gasteiger partial charge < -0.3 is 4.74 Å². The Kier molecular flexibility index (Phi) is 4.00. The van der Waals surface area contributed by atoms with Crippen LogP contribution in [0.3, 0.4) is 0 Å². The number of nitrogens with zero attached hydrogens (tertiary/aromatic N) is 3. The van der Waals surface area contributed by atoms with Crippen LogP contribution in [-0.4, -0.2) is 27.7 Å². The third-order valence-corrected chi connectivity index (χ3v) is 3.60. The lowest BCUT2D eigenvalue weighted by atomic mass is 10.0. The van der Waals surface area contributed by atoms with Gasteiger partial charge in [0.25, 0.3) is 0 Å². The van der Waals surface area contributed by atoms with Crippen LogP contribution in [0.25, 0.3) is 5.65 Å². The third-order valence-electron chi connectivity index (χ3n) is 3.39. The number of fused-ring (bicyclic) bond motifs is 1. The van der Waals surface area contributed by atoms with Crippen molar-refractivity contribution in [1.29, 1.82) is 0 Å². The number of rotatable bonds is 1. The first-order chi connectivity index (χ1) is 11.1. The highest BCUT2D eigenvalue weighted by Crippen LogP contribution is 2.14. The van der Waals surface area contributed by atoms with Crippen molar-refractivity contribution in [3.63, 3.8) is 0 Å². The Labute approximate surface area is 137 Å². The number of imidazole rings is 1. The Morgan fingerprint density at radius 3 is 2.87 bits per heavy atom. The Hall–Kier alpha value is -2.84. The number of halogens is 1. The molecule has 0 aliphatic rings. The maximum absolute atomic E-state index is 11.7. The summed E-state index contributed by atoms with van der Waals surface area (Å²) in [5, 5.41) is 4.54. The molecule has 114 valence electrons. The van der Waals surface area contributed by atoms with Gasteiger partial charge in [0.1, 0.15) is 10.8 Å². The quantitative estimate of drug-likeness (QED) is 0.510. The smallest absolute Gasteiger partial charge is 0.338 e. The van der Waals surface area contributed by atoms with Crippen molar-refractivity contribution in [3.05, 3.63) is 64.1 Å². The molecule has 2 aromatic heterocycles. The first-order valence-electron chi connectivity index (χ1n) is 6.80. The molecule has 0 N–H and O–H groups in total. The lowest BCUT2D eigenvalue weighted by Gasteiger charge is -2.05.